The molecule has 0 bridgehead atoms. The Bertz CT molecular complexity index is 1110. The molecule has 7 nitrogen and oxygen atoms in total. The number of ether oxygens (including phenoxy) is 1. The molecule has 0 saturated carbocycles. The van der Waals surface area contributed by atoms with Gasteiger partial charge in [-0.25, -0.2) is 5.01 Å². The minimum Gasteiger partial charge on any atom is -0.469 e. The number of carbonyl (C=O) groups is 2. The first-order chi connectivity index (χ1) is 17.9. The number of benzene rings is 2. The van der Waals surface area contributed by atoms with Crippen LogP contribution in [0.2, 0.25) is 0 Å². The van der Waals surface area contributed by atoms with Crippen molar-refractivity contribution in [2.45, 2.75) is 32.4 Å². The lowest BCUT2D eigenvalue weighted by atomic mass is 9.95. The first-order valence-corrected chi connectivity index (χ1v) is 13.3. The van der Waals surface area contributed by atoms with Crippen molar-refractivity contribution < 1.29 is 19.4 Å². The van der Waals surface area contributed by atoms with Gasteiger partial charge in [-0.05, 0) is 41.8 Å². The van der Waals surface area contributed by atoms with Crippen LogP contribution >= 0.6 is 9.24 Å². The molecule has 0 aliphatic carbocycles. The molecule has 0 aliphatic heterocycles. The number of esters is 1. The van der Waals surface area contributed by atoms with Crippen molar-refractivity contribution in [2.24, 2.45) is 11.8 Å². The number of nitrogens with one attached hydrogen (secondary N) is 1. The number of pyridine rings is 1. The van der Waals surface area contributed by atoms with Crippen LogP contribution in [0.15, 0.2) is 79.0 Å². The lowest BCUT2D eigenvalue weighted by Crippen LogP contribution is -2.49. The summed E-state index contributed by atoms with van der Waals surface area (Å²) in [5, 5.41) is 12.9. The monoisotopic (exact) mass is 521 g/mol. The van der Waals surface area contributed by atoms with E-state index in [-0.39, 0.29) is 24.8 Å². The topological polar surface area (TPSA) is 91.8 Å². The van der Waals surface area contributed by atoms with Crippen LogP contribution in [0.1, 0.15) is 24.5 Å². The van der Waals surface area contributed by atoms with E-state index in [9.17, 15) is 14.7 Å². The molecular formula is C29H36N3O4P. The first-order valence-electron chi connectivity index (χ1n) is 12.4. The van der Waals surface area contributed by atoms with Crippen molar-refractivity contribution in [2.75, 3.05) is 19.8 Å². The molecule has 8 heteroatoms. The Labute approximate surface area is 221 Å². The second-order valence-corrected chi connectivity index (χ2v) is 9.67. The maximum Gasteiger partial charge on any atom is 0.306 e. The second-order valence-electron chi connectivity index (χ2n) is 9.20. The third-order valence-corrected chi connectivity index (χ3v) is 6.91. The predicted octanol–water partition coefficient (Wildman–Crippen LogP) is 3.88. The molecule has 1 heterocycles. The van der Waals surface area contributed by atoms with E-state index in [0.717, 1.165) is 35.0 Å². The molecule has 2 aromatic carbocycles. The van der Waals surface area contributed by atoms with E-state index < -0.39 is 18.0 Å². The van der Waals surface area contributed by atoms with Crippen LogP contribution in [-0.2, 0) is 27.3 Å². The summed E-state index contributed by atoms with van der Waals surface area (Å²) in [5.74, 6) is -1.32. The number of rotatable bonds is 13. The van der Waals surface area contributed by atoms with Crippen LogP contribution in [0.5, 0.6) is 0 Å². The van der Waals surface area contributed by atoms with Crippen LogP contribution in [0.25, 0.3) is 11.3 Å². The van der Waals surface area contributed by atoms with Gasteiger partial charge in [0.25, 0.3) is 0 Å². The van der Waals surface area contributed by atoms with Crippen molar-refractivity contribution in [3.63, 3.8) is 0 Å². The Balaban J connectivity index is 1.73. The summed E-state index contributed by atoms with van der Waals surface area (Å²) < 4.78 is 4.71. The molecule has 1 unspecified atom stereocenters. The number of aromatic nitrogens is 1. The van der Waals surface area contributed by atoms with Gasteiger partial charge in [-0.2, -0.15) is 0 Å². The summed E-state index contributed by atoms with van der Waals surface area (Å²) in [6, 6.07) is 23.8. The Morgan fingerprint density at radius 1 is 1.03 bits per heavy atom. The van der Waals surface area contributed by atoms with Crippen molar-refractivity contribution in [1.29, 1.82) is 0 Å². The zero-order chi connectivity index (χ0) is 26.6. The molecule has 0 spiro atoms. The fraction of sp³-hybridized carbons (Fsp3) is 0.345. The lowest BCUT2D eigenvalue weighted by Gasteiger charge is -2.30. The molecule has 0 saturated heterocycles. The zero-order valence-corrected chi connectivity index (χ0v) is 22.6. The number of hydrogen-bond donors (Lipinski definition) is 2. The van der Waals surface area contributed by atoms with E-state index in [1.54, 1.807) is 18.1 Å². The average molecular weight is 522 g/mol. The molecule has 0 radical (unpaired) electrons. The number of aliphatic hydroxyl groups excluding tert-OH is 1. The van der Waals surface area contributed by atoms with Gasteiger partial charge < -0.3 is 9.84 Å². The standard InChI is InChI=1S/C29H36N3O4P/c1-21(16-28(34)36-2)29(35)31-32(19-27(33)25(20-37)17-22-8-4-3-5-9-22)18-23-11-13-24(14-12-23)26-10-6-7-15-30-26/h3-15,21,25,27,33H,16-20,37H2,1-2H3,(H,31,35)/t21-,25-,27+/m1/s1. The smallest absolute Gasteiger partial charge is 0.306 e. The van der Waals surface area contributed by atoms with Gasteiger partial charge >= 0.3 is 5.97 Å². The van der Waals surface area contributed by atoms with Gasteiger partial charge in [-0.1, -0.05) is 67.6 Å². The minimum absolute atomic E-state index is 0.00849. The number of hydrogen-bond acceptors (Lipinski definition) is 6. The van der Waals surface area contributed by atoms with Gasteiger partial charge in [-0.15, -0.1) is 9.24 Å². The SMILES string of the molecule is COC(=O)C[C@@H](C)C(=O)NN(Cc1ccc(-c2ccccn2)cc1)C[C@H](O)[C@@H](CP)Cc1ccccc1. The minimum atomic E-state index is -0.679. The molecule has 1 aromatic heterocycles. The highest BCUT2D eigenvalue weighted by molar-refractivity contribution is 7.16. The number of carbonyl (C=O) groups excluding carboxylic acids is 2. The Kier molecular flexibility index (Phi) is 11.2. The van der Waals surface area contributed by atoms with Crippen molar-refractivity contribution >= 4 is 21.1 Å². The normalized spacial score (nSPS) is 13.5. The summed E-state index contributed by atoms with van der Waals surface area (Å²) in [6.45, 7) is 2.32. The average Bonchev–Trinajstić information content (AvgIpc) is 2.92. The Morgan fingerprint density at radius 2 is 1.73 bits per heavy atom. The van der Waals surface area contributed by atoms with Crippen molar-refractivity contribution in [3.05, 3.63) is 90.1 Å². The molecule has 0 fully saturated rings. The molecule has 3 rings (SSSR count). The molecular weight excluding hydrogens is 485 g/mol. The highest BCUT2D eigenvalue weighted by Crippen LogP contribution is 2.20. The summed E-state index contributed by atoms with van der Waals surface area (Å²) >= 11 is 0. The summed E-state index contributed by atoms with van der Waals surface area (Å²) in [5.41, 5.74) is 6.93. The Hall–Kier alpha value is -3.12. The van der Waals surface area contributed by atoms with Gasteiger partial charge in [0.1, 0.15) is 0 Å². The van der Waals surface area contributed by atoms with Gasteiger partial charge in [-0.3, -0.25) is 20.0 Å². The predicted molar refractivity (Wildman–Crippen MR) is 148 cm³/mol. The van der Waals surface area contributed by atoms with E-state index in [2.05, 4.69) is 31.8 Å². The molecule has 37 heavy (non-hydrogen) atoms. The van der Waals surface area contributed by atoms with Gasteiger partial charge in [0.05, 0.1) is 25.3 Å². The van der Waals surface area contributed by atoms with Crippen LogP contribution in [0.4, 0.5) is 0 Å². The fourth-order valence-corrected chi connectivity index (χ4v) is 4.53. The van der Waals surface area contributed by atoms with Crippen LogP contribution < -0.4 is 5.43 Å². The summed E-state index contributed by atoms with van der Waals surface area (Å²) in [4.78, 5) is 29.0. The second kappa shape index (κ2) is 14.6. The van der Waals surface area contributed by atoms with E-state index in [1.807, 2.05) is 60.7 Å². The molecule has 0 aliphatic rings. The maximum absolute atomic E-state index is 12.9. The van der Waals surface area contributed by atoms with Gasteiger partial charge in [0, 0.05) is 30.8 Å². The largest absolute Gasteiger partial charge is 0.469 e. The van der Waals surface area contributed by atoms with Gasteiger partial charge in [0.2, 0.25) is 5.91 Å². The van der Waals surface area contributed by atoms with E-state index in [4.69, 9.17) is 4.74 Å². The van der Waals surface area contributed by atoms with Gasteiger partial charge in [0.15, 0.2) is 0 Å². The van der Waals surface area contributed by atoms with Crippen molar-refractivity contribution in [1.82, 2.24) is 15.4 Å². The molecule has 3 aromatic rings. The molecule has 4 atom stereocenters. The van der Waals surface area contributed by atoms with E-state index in [0.29, 0.717) is 6.54 Å². The van der Waals surface area contributed by atoms with Crippen LogP contribution in [0, 0.1) is 11.8 Å². The Morgan fingerprint density at radius 3 is 2.35 bits per heavy atom. The van der Waals surface area contributed by atoms with E-state index >= 15 is 0 Å². The number of amides is 1. The number of nitrogens with zero attached hydrogens (tertiary/aromatic N) is 2. The van der Waals surface area contributed by atoms with E-state index in [1.165, 1.54) is 7.11 Å². The fourth-order valence-electron chi connectivity index (χ4n) is 4.04. The number of methoxy groups -OCH3 is 1. The third-order valence-electron chi connectivity index (χ3n) is 6.30. The number of hydrazine groups is 1. The third kappa shape index (κ3) is 9.04. The molecule has 1 amide bonds. The van der Waals surface area contributed by atoms with Crippen molar-refractivity contribution in [3.8, 4) is 11.3 Å². The highest BCUT2D eigenvalue weighted by atomic mass is 31.0. The summed E-state index contributed by atoms with van der Waals surface area (Å²) in [6.07, 6.45) is 2.51. The van der Waals surface area contributed by atoms with Crippen LogP contribution in [0.3, 0.4) is 0 Å². The quantitative estimate of drug-likeness (QED) is 0.202. The zero-order valence-electron chi connectivity index (χ0n) is 21.4. The first kappa shape index (κ1) is 28.5. The van der Waals surface area contributed by atoms with Crippen LogP contribution in [-0.4, -0.2) is 52.9 Å². The highest BCUT2D eigenvalue weighted by Gasteiger charge is 2.25. The molecule has 196 valence electrons. The number of aliphatic hydroxyl groups is 1. The molecule has 2 N–H and O–H groups in total. The summed E-state index contributed by atoms with van der Waals surface area (Å²) in [7, 11) is 4.03. The maximum atomic E-state index is 12.9. The lowest BCUT2D eigenvalue weighted by molar-refractivity contribution is -0.145.